The highest BCUT2D eigenvalue weighted by molar-refractivity contribution is 6.26. The molecule has 0 saturated heterocycles. The van der Waals surface area contributed by atoms with Gasteiger partial charge < -0.3 is 8.83 Å². The maximum absolute atomic E-state index is 6.63. The highest BCUT2D eigenvalue weighted by atomic mass is 16.3. The first-order chi connectivity index (χ1) is 24.8. The molecule has 2 heterocycles. The molecule has 232 valence electrons. The highest BCUT2D eigenvalue weighted by Gasteiger charge is 2.19. The van der Waals surface area contributed by atoms with Crippen LogP contribution in [-0.4, -0.2) is 0 Å². The Morgan fingerprint density at radius 1 is 0.260 bits per heavy atom. The SMILES string of the molecule is c1ccc(-c2ccc(-c3c4ccccc4c(-c4ccc5c(c4)oc4ccc6c(ccc7c8ccccc8oc76)c45)c4ccccc34)cc2)cc1. The zero-order valence-corrected chi connectivity index (χ0v) is 27.0. The summed E-state index contributed by atoms with van der Waals surface area (Å²) in [4.78, 5) is 0. The van der Waals surface area contributed by atoms with Gasteiger partial charge in [0.05, 0.1) is 0 Å². The lowest BCUT2D eigenvalue weighted by molar-refractivity contribution is 0.669. The van der Waals surface area contributed by atoms with Crippen LogP contribution >= 0.6 is 0 Å². The summed E-state index contributed by atoms with van der Waals surface area (Å²) in [5.74, 6) is 0. The van der Waals surface area contributed by atoms with Crippen molar-refractivity contribution >= 4 is 76.2 Å². The lowest BCUT2D eigenvalue weighted by atomic mass is 9.85. The Balaban J connectivity index is 1.12. The van der Waals surface area contributed by atoms with Gasteiger partial charge >= 0.3 is 0 Å². The number of rotatable bonds is 3. The molecule has 11 aromatic rings. The minimum Gasteiger partial charge on any atom is -0.456 e. The molecule has 0 unspecified atom stereocenters. The van der Waals surface area contributed by atoms with Crippen molar-refractivity contribution in [3.8, 4) is 33.4 Å². The molecular formula is C48H28O2. The Bertz CT molecular complexity index is 3070. The van der Waals surface area contributed by atoms with Gasteiger partial charge in [0.25, 0.3) is 0 Å². The number of hydrogen-bond donors (Lipinski definition) is 0. The number of furan rings is 2. The standard InChI is InChI=1S/C48H28O2/c1-2-10-29(11-3-1)30-18-20-31(21-19-30)45-34-13-4-6-15-36(34)46(37-16-7-5-14-35(37)45)32-22-23-41-44(28-32)49-43-27-26-40-38(47(41)43)24-25-39-33-12-8-9-17-42(33)50-48(39)40/h1-28H. The van der Waals surface area contributed by atoms with Gasteiger partial charge in [-0.3, -0.25) is 0 Å². The van der Waals surface area contributed by atoms with E-state index in [4.69, 9.17) is 8.83 Å². The van der Waals surface area contributed by atoms with Gasteiger partial charge in [-0.15, -0.1) is 0 Å². The summed E-state index contributed by atoms with van der Waals surface area (Å²) >= 11 is 0. The normalized spacial score (nSPS) is 12.0. The minimum absolute atomic E-state index is 0.878. The van der Waals surface area contributed by atoms with Gasteiger partial charge in [-0.1, -0.05) is 133 Å². The molecule has 9 aromatic carbocycles. The Kier molecular flexibility index (Phi) is 5.70. The van der Waals surface area contributed by atoms with Gasteiger partial charge in [0.2, 0.25) is 0 Å². The molecule has 0 saturated carbocycles. The van der Waals surface area contributed by atoms with E-state index in [1.54, 1.807) is 0 Å². The molecule has 0 amide bonds. The van der Waals surface area contributed by atoms with E-state index in [9.17, 15) is 0 Å². The monoisotopic (exact) mass is 636 g/mol. The summed E-state index contributed by atoms with van der Waals surface area (Å²) in [6.45, 7) is 0. The van der Waals surface area contributed by atoms with Gasteiger partial charge in [-0.05, 0) is 96.7 Å². The summed E-state index contributed by atoms with van der Waals surface area (Å²) < 4.78 is 13.0. The predicted octanol–water partition coefficient (Wildman–Crippen LogP) is 13.9. The molecular weight excluding hydrogens is 609 g/mol. The second kappa shape index (κ2) is 10.4. The predicted molar refractivity (Wildman–Crippen MR) is 210 cm³/mol. The van der Waals surface area contributed by atoms with E-state index in [2.05, 4.69) is 158 Å². The largest absolute Gasteiger partial charge is 0.456 e. The molecule has 0 radical (unpaired) electrons. The minimum atomic E-state index is 0.878. The van der Waals surface area contributed by atoms with Crippen molar-refractivity contribution in [3.63, 3.8) is 0 Å². The van der Waals surface area contributed by atoms with Gasteiger partial charge in [0, 0.05) is 26.9 Å². The Morgan fingerprint density at radius 2 is 0.760 bits per heavy atom. The average Bonchev–Trinajstić information content (AvgIpc) is 3.76. The van der Waals surface area contributed by atoms with Crippen LogP contribution in [0.5, 0.6) is 0 Å². The molecule has 0 aliphatic heterocycles. The topological polar surface area (TPSA) is 26.3 Å². The zero-order valence-electron chi connectivity index (χ0n) is 27.0. The van der Waals surface area contributed by atoms with Crippen molar-refractivity contribution in [3.05, 3.63) is 170 Å². The number of benzene rings is 9. The van der Waals surface area contributed by atoms with E-state index >= 15 is 0 Å². The van der Waals surface area contributed by atoms with Crippen molar-refractivity contribution in [1.82, 2.24) is 0 Å². The van der Waals surface area contributed by atoms with Crippen LogP contribution in [0.15, 0.2) is 179 Å². The van der Waals surface area contributed by atoms with Gasteiger partial charge in [0.1, 0.15) is 22.3 Å². The molecule has 0 spiro atoms. The number of para-hydroxylation sites is 1. The third kappa shape index (κ3) is 3.90. The summed E-state index contributed by atoms with van der Waals surface area (Å²) in [6, 6.07) is 60.8. The summed E-state index contributed by atoms with van der Waals surface area (Å²) in [6.07, 6.45) is 0. The number of fused-ring (bicyclic) bond motifs is 11. The van der Waals surface area contributed by atoms with Crippen LogP contribution in [0.2, 0.25) is 0 Å². The molecule has 11 rings (SSSR count). The van der Waals surface area contributed by atoms with Crippen LogP contribution in [0.3, 0.4) is 0 Å². The first kappa shape index (κ1) is 27.3. The van der Waals surface area contributed by atoms with Crippen molar-refractivity contribution in [2.75, 3.05) is 0 Å². The fourth-order valence-electron chi connectivity index (χ4n) is 8.23. The maximum Gasteiger partial charge on any atom is 0.143 e. The van der Waals surface area contributed by atoms with E-state index in [0.29, 0.717) is 0 Å². The first-order valence-electron chi connectivity index (χ1n) is 17.1. The van der Waals surface area contributed by atoms with E-state index in [1.807, 2.05) is 12.1 Å². The Hall–Kier alpha value is -6.64. The van der Waals surface area contributed by atoms with Gasteiger partial charge in [-0.2, -0.15) is 0 Å². The fraction of sp³-hybridized carbons (Fsp3) is 0. The molecule has 2 nitrogen and oxygen atoms in total. The Morgan fingerprint density at radius 3 is 1.48 bits per heavy atom. The van der Waals surface area contributed by atoms with Crippen molar-refractivity contribution in [2.45, 2.75) is 0 Å². The highest BCUT2D eigenvalue weighted by Crippen LogP contribution is 2.46. The van der Waals surface area contributed by atoms with E-state index in [1.165, 1.54) is 49.4 Å². The quantitative estimate of drug-likeness (QED) is 0.180. The molecule has 0 N–H and O–H groups in total. The summed E-state index contributed by atoms with van der Waals surface area (Å²) in [7, 11) is 0. The lowest BCUT2D eigenvalue weighted by Gasteiger charge is -2.18. The van der Waals surface area contributed by atoms with Crippen LogP contribution in [0.4, 0.5) is 0 Å². The van der Waals surface area contributed by atoms with Crippen LogP contribution in [0.1, 0.15) is 0 Å². The van der Waals surface area contributed by atoms with Gasteiger partial charge in [-0.25, -0.2) is 0 Å². The summed E-state index contributed by atoms with van der Waals surface area (Å²) in [5.41, 5.74) is 10.9. The zero-order chi connectivity index (χ0) is 32.8. The van der Waals surface area contributed by atoms with E-state index < -0.39 is 0 Å². The summed E-state index contributed by atoms with van der Waals surface area (Å²) in [5, 5.41) is 11.7. The molecule has 2 aromatic heterocycles. The van der Waals surface area contributed by atoms with Crippen LogP contribution < -0.4 is 0 Å². The van der Waals surface area contributed by atoms with Crippen molar-refractivity contribution in [2.24, 2.45) is 0 Å². The van der Waals surface area contributed by atoms with Crippen LogP contribution in [0, 0.1) is 0 Å². The smallest absolute Gasteiger partial charge is 0.143 e. The van der Waals surface area contributed by atoms with Crippen LogP contribution in [0.25, 0.3) is 110 Å². The second-order valence-corrected chi connectivity index (χ2v) is 13.2. The van der Waals surface area contributed by atoms with Crippen LogP contribution in [-0.2, 0) is 0 Å². The third-order valence-electron chi connectivity index (χ3n) is 10.5. The van der Waals surface area contributed by atoms with Crippen molar-refractivity contribution < 1.29 is 8.83 Å². The molecule has 0 aliphatic rings. The number of hydrogen-bond acceptors (Lipinski definition) is 2. The lowest BCUT2D eigenvalue weighted by Crippen LogP contribution is -1.91. The maximum atomic E-state index is 6.63. The Labute approximate surface area is 287 Å². The second-order valence-electron chi connectivity index (χ2n) is 13.2. The van der Waals surface area contributed by atoms with Gasteiger partial charge in [0.15, 0.2) is 0 Å². The molecule has 0 bridgehead atoms. The van der Waals surface area contributed by atoms with Crippen molar-refractivity contribution in [1.29, 1.82) is 0 Å². The third-order valence-corrected chi connectivity index (χ3v) is 10.5. The molecule has 0 atom stereocenters. The average molecular weight is 637 g/mol. The molecule has 50 heavy (non-hydrogen) atoms. The fourth-order valence-corrected chi connectivity index (χ4v) is 8.23. The first-order valence-corrected chi connectivity index (χ1v) is 17.1. The molecule has 0 fully saturated rings. The van der Waals surface area contributed by atoms with E-state index in [-0.39, 0.29) is 0 Å². The molecule has 0 aliphatic carbocycles. The van der Waals surface area contributed by atoms with E-state index in [0.717, 1.165) is 60.2 Å². The molecule has 2 heteroatoms.